The molecule has 2 heterocycles. The summed E-state index contributed by atoms with van der Waals surface area (Å²) in [7, 11) is 0. The standard InChI is InChI=1S/C21H32N4/c1-3-20-22-16-14-18(24-20)12-10-8-6-5-7-9-11-13-19-15-17-23-21(4-2)25-19/h14-17H,3-13H2,1-2H3. The van der Waals surface area contributed by atoms with Crippen LogP contribution in [-0.2, 0) is 25.7 Å². The Kier molecular flexibility index (Phi) is 9.09. The van der Waals surface area contributed by atoms with Crippen molar-refractivity contribution in [3.63, 3.8) is 0 Å². The van der Waals surface area contributed by atoms with Gasteiger partial charge in [-0.1, -0.05) is 46.0 Å². The first-order valence-corrected chi connectivity index (χ1v) is 9.93. The van der Waals surface area contributed by atoms with Gasteiger partial charge in [-0.15, -0.1) is 0 Å². The monoisotopic (exact) mass is 340 g/mol. The van der Waals surface area contributed by atoms with Gasteiger partial charge < -0.3 is 0 Å². The molecule has 25 heavy (non-hydrogen) atoms. The lowest BCUT2D eigenvalue weighted by Gasteiger charge is -2.04. The van der Waals surface area contributed by atoms with E-state index in [2.05, 4.69) is 45.9 Å². The first-order chi connectivity index (χ1) is 12.3. The molecule has 136 valence electrons. The highest BCUT2D eigenvalue weighted by atomic mass is 14.9. The Labute approximate surface area is 152 Å². The summed E-state index contributed by atoms with van der Waals surface area (Å²) in [5.74, 6) is 1.93. The molecular formula is C21H32N4. The van der Waals surface area contributed by atoms with Gasteiger partial charge in [0.05, 0.1) is 0 Å². The van der Waals surface area contributed by atoms with Crippen LogP contribution in [0.4, 0.5) is 0 Å². The molecule has 2 rings (SSSR count). The Balaban J connectivity index is 1.48. The van der Waals surface area contributed by atoms with Crippen molar-refractivity contribution in [1.29, 1.82) is 0 Å². The number of hydrogen-bond acceptors (Lipinski definition) is 4. The van der Waals surface area contributed by atoms with Gasteiger partial charge in [-0.2, -0.15) is 0 Å². The summed E-state index contributed by atoms with van der Waals surface area (Å²) >= 11 is 0. The van der Waals surface area contributed by atoms with Crippen molar-refractivity contribution in [1.82, 2.24) is 19.9 Å². The molecule has 0 aromatic carbocycles. The maximum Gasteiger partial charge on any atom is 0.128 e. The number of rotatable bonds is 12. The third kappa shape index (κ3) is 7.72. The van der Waals surface area contributed by atoms with Crippen molar-refractivity contribution >= 4 is 0 Å². The van der Waals surface area contributed by atoms with E-state index in [1.54, 1.807) is 0 Å². The maximum absolute atomic E-state index is 4.57. The van der Waals surface area contributed by atoms with E-state index in [9.17, 15) is 0 Å². The Morgan fingerprint density at radius 3 is 1.40 bits per heavy atom. The molecule has 0 atom stereocenters. The minimum atomic E-state index is 0.919. The number of unbranched alkanes of at least 4 members (excludes halogenated alkanes) is 6. The van der Waals surface area contributed by atoms with Crippen LogP contribution in [0, 0.1) is 0 Å². The first kappa shape index (κ1) is 19.5. The SMILES string of the molecule is CCc1nccc(CCCCCCCCCc2ccnc(CC)n2)n1. The van der Waals surface area contributed by atoms with Gasteiger partial charge in [-0.3, -0.25) is 0 Å². The lowest BCUT2D eigenvalue weighted by Crippen LogP contribution is -1.98. The van der Waals surface area contributed by atoms with E-state index in [4.69, 9.17) is 0 Å². The maximum atomic E-state index is 4.57. The summed E-state index contributed by atoms with van der Waals surface area (Å²) in [5, 5.41) is 0. The van der Waals surface area contributed by atoms with Crippen molar-refractivity contribution in [2.45, 2.75) is 84.5 Å². The fourth-order valence-corrected chi connectivity index (χ4v) is 3.00. The van der Waals surface area contributed by atoms with Crippen LogP contribution in [0.5, 0.6) is 0 Å². The Bertz CT molecular complexity index is 559. The zero-order valence-electron chi connectivity index (χ0n) is 15.9. The van der Waals surface area contributed by atoms with E-state index in [-0.39, 0.29) is 0 Å². The highest BCUT2D eigenvalue weighted by Crippen LogP contribution is 2.11. The molecule has 4 nitrogen and oxygen atoms in total. The van der Waals surface area contributed by atoms with Crippen LogP contribution in [0.25, 0.3) is 0 Å². The summed E-state index contributed by atoms with van der Waals surface area (Å²) in [5.41, 5.74) is 2.39. The van der Waals surface area contributed by atoms with E-state index in [0.717, 1.165) is 37.3 Å². The molecule has 0 saturated heterocycles. The van der Waals surface area contributed by atoms with Crippen LogP contribution in [0.1, 0.15) is 81.8 Å². The van der Waals surface area contributed by atoms with Gasteiger partial charge in [0, 0.05) is 36.6 Å². The molecule has 2 aromatic rings. The van der Waals surface area contributed by atoms with Crippen LogP contribution in [0.2, 0.25) is 0 Å². The van der Waals surface area contributed by atoms with Crippen molar-refractivity contribution in [3.05, 3.63) is 47.6 Å². The first-order valence-electron chi connectivity index (χ1n) is 9.93. The predicted octanol–water partition coefficient (Wildman–Crippen LogP) is 4.91. The van der Waals surface area contributed by atoms with Crippen molar-refractivity contribution in [2.24, 2.45) is 0 Å². The summed E-state index contributed by atoms with van der Waals surface area (Å²) in [6, 6.07) is 4.10. The van der Waals surface area contributed by atoms with E-state index in [1.165, 1.54) is 56.3 Å². The van der Waals surface area contributed by atoms with Crippen LogP contribution in [0.15, 0.2) is 24.5 Å². The molecule has 0 aliphatic carbocycles. The van der Waals surface area contributed by atoms with Gasteiger partial charge in [0.25, 0.3) is 0 Å². The molecule has 0 fully saturated rings. The van der Waals surface area contributed by atoms with Gasteiger partial charge >= 0.3 is 0 Å². The van der Waals surface area contributed by atoms with E-state index < -0.39 is 0 Å². The molecule has 2 aromatic heterocycles. The minimum Gasteiger partial charge on any atom is -0.241 e. The Hall–Kier alpha value is -1.84. The molecule has 0 spiro atoms. The summed E-state index contributed by atoms with van der Waals surface area (Å²) in [6.45, 7) is 4.21. The van der Waals surface area contributed by atoms with Crippen molar-refractivity contribution in [3.8, 4) is 0 Å². The molecule has 0 N–H and O–H groups in total. The summed E-state index contributed by atoms with van der Waals surface area (Å²) in [6.07, 6.45) is 16.9. The average molecular weight is 341 g/mol. The second-order valence-electron chi connectivity index (χ2n) is 6.61. The lowest BCUT2D eigenvalue weighted by atomic mass is 10.1. The van der Waals surface area contributed by atoms with Crippen LogP contribution >= 0.6 is 0 Å². The molecule has 0 saturated carbocycles. The quantitative estimate of drug-likeness (QED) is 0.515. The third-order valence-corrected chi connectivity index (χ3v) is 4.52. The molecule has 0 bridgehead atoms. The number of aromatic nitrogens is 4. The summed E-state index contributed by atoms with van der Waals surface area (Å²) in [4.78, 5) is 17.7. The second-order valence-corrected chi connectivity index (χ2v) is 6.61. The molecule has 0 amide bonds. The van der Waals surface area contributed by atoms with Gasteiger partial charge in [-0.25, -0.2) is 19.9 Å². The van der Waals surface area contributed by atoms with Crippen LogP contribution < -0.4 is 0 Å². The second kappa shape index (κ2) is 11.7. The van der Waals surface area contributed by atoms with E-state index >= 15 is 0 Å². The number of hydrogen-bond donors (Lipinski definition) is 0. The third-order valence-electron chi connectivity index (χ3n) is 4.52. The predicted molar refractivity (Wildman–Crippen MR) is 103 cm³/mol. The molecule has 0 aliphatic heterocycles. The summed E-state index contributed by atoms with van der Waals surface area (Å²) < 4.78 is 0. The fraction of sp³-hybridized carbons (Fsp3) is 0.619. The van der Waals surface area contributed by atoms with E-state index in [0.29, 0.717) is 0 Å². The van der Waals surface area contributed by atoms with Crippen molar-refractivity contribution < 1.29 is 0 Å². The van der Waals surface area contributed by atoms with Crippen molar-refractivity contribution in [2.75, 3.05) is 0 Å². The van der Waals surface area contributed by atoms with E-state index in [1.807, 2.05) is 12.4 Å². The van der Waals surface area contributed by atoms with Gasteiger partial charge in [0.15, 0.2) is 0 Å². The zero-order chi connectivity index (χ0) is 17.7. The molecule has 0 aliphatic rings. The molecule has 0 unspecified atom stereocenters. The van der Waals surface area contributed by atoms with Crippen LogP contribution in [0.3, 0.4) is 0 Å². The smallest absolute Gasteiger partial charge is 0.128 e. The van der Waals surface area contributed by atoms with Gasteiger partial charge in [-0.05, 0) is 37.8 Å². The van der Waals surface area contributed by atoms with Crippen LogP contribution in [-0.4, -0.2) is 19.9 Å². The molecular weight excluding hydrogens is 308 g/mol. The zero-order valence-corrected chi connectivity index (χ0v) is 15.9. The number of nitrogens with zero attached hydrogens (tertiary/aromatic N) is 4. The lowest BCUT2D eigenvalue weighted by molar-refractivity contribution is 0.574. The number of aryl methyl sites for hydroxylation is 4. The minimum absolute atomic E-state index is 0.919. The Morgan fingerprint density at radius 1 is 0.600 bits per heavy atom. The highest BCUT2D eigenvalue weighted by molar-refractivity contribution is 5.03. The Morgan fingerprint density at radius 2 is 1.00 bits per heavy atom. The molecule has 4 heteroatoms. The largest absolute Gasteiger partial charge is 0.241 e. The van der Waals surface area contributed by atoms with Gasteiger partial charge in [0.1, 0.15) is 11.6 Å². The fourth-order valence-electron chi connectivity index (χ4n) is 3.00. The topological polar surface area (TPSA) is 51.6 Å². The average Bonchev–Trinajstić information content (AvgIpc) is 2.67. The molecule has 0 radical (unpaired) electrons. The highest BCUT2D eigenvalue weighted by Gasteiger charge is 2.00. The normalized spacial score (nSPS) is 11.0. The van der Waals surface area contributed by atoms with Gasteiger partial charge in [0.2, 0.25) is 0 Å².